The van der Waals surface area contributed by atoms with Crippen LogP contribution in [-0.4, -0.2) is 28.8 Å². The van der Waals surface area contributed by atoms with E-state index >= 15 is 0 Å². The Hall–Kier alpha value is -3.00. The highest BCUT2D eigenvalue weighted by Crippen LogP contribution is 2.26. The molecular formula is C23H22BrFN4O2. The number of amides is 1. The third-order valence-corrected chi connectivity index (χ3v) is 5.99. The van der Waals surface area contributed by atoms with Crippen molar-refractivity contribution < 1.29 is 9.18 Å². The molecule has 31 heavy (non-hydrogen) atoms. The van der Waals surface area contributed by atoms with E-state index in [9.17, 15) is 14.0 Å². The van der Waals surface area contributed by atoms with Gasteiger partial charge in [-0.25, -0.2) is 4.39 Å². The smallest absolute Gasteiger partial charge is 0.271 e. The summed E-state index contributed by atoms with van der Waals surface area (Å²) < 4.78 is 15.6. The predicted molar refractivity (Wildman–Crippen MR) is 122 cm³/mol. The second-order valence-electron chi connectivity index (χ2n) is 7.68. The molecule has 0 bridgehead atoms. The second kappa shape index (κ2) is 9.01. The summed E-state index contributed by atoms with van der Waals surface area (Å²) in [5.74, 6) is -0.113. The van der Waals surface area contributed by atoms with Crippen LogP contribution in [0.5, 0.6) is 0 Å². The second-order valence-corrected chi connectivity index (χ2v) is 8.53. The molecule has 4 rings (SSSR count). The number of benzene rings is 2. The van der Waals surface area contributed by atoms with Crippen molar-refractivity contribution in [3.05, 3.63) is 80.8 Å². The fourth-order valence-electron chi connectivity index (χ4n) is 3.72. The number of hydrogen-bond donors (Lipinski definition) is 1. The van der Waals surface area contributed by atoms with Crippen molar-refractivity contribution in [1.29, 1.82) is 0 Å². The van der Waals surface area contributed by atoms with Crippen LogP contribution in [0.3, 0.4) is 0 Å². The Labute approximate surface area is 187 Å². The van der Waals surface area contributed by atoms with E-state index in [-0.39, 0.29) is 17.4 Å². The maximum Gasteiger partial charge on any atom is 0.271 e. The Bertz CT molecular complexity index is 1180. The number of aryl methyl sites for hydroxylation is 1. The van der Waals surface area contributed by atoms with Crippen molar-refractivity contribution in [2.75, 3.05) is 23.3 Å². The number of rotatable bonds is 4. The molecule has 160 valence electrons. The van der Waals surface area contributed by atoms with Gasteiger partial charge < -0.3 is 10.2 Å². The van der Waals surface area contributed by atoms with E-state index in [0.717, 1.165) is 35.1 Å². The van der Waals surface area contributed by atoms with Crippen molar-refractivity contribution in [2.24, 2.45) is 5.92 Å². The molecule has 0 saturated carbocycles. The molecule has 1 saturated heterocycles. The van der Waals surface area contributed by atoms with Crippen LogP contribution in [-0.2, 0) is 4.79 Å². The minimum atomic E-state index is -0.437. The van der Waals surface area contributed by atoms with Gasteiger partial charge in [-0.3, -0.25) is 9.59 Å². The van der Waals surface area contributed by atoms with Crippen molar-refractivity contribution >= 4 is 33.3 Å². The summed E-state index contributed by atoms with van der Waals surface area (Å²) in [6.45, 7) is 3.21. The van der Waals surface area contributed by atoms with E-state index in [2.05, 4.69) is 26.3 Å². The lowest BCUT2D eigenvalue weighted by Crippen LogP contribution is -2.41. The highest BCUT2D eigenvalue weighted by Gasteiger charge is 2.27. The number of hydrogen-bond acceptors (Lipinski definition) is 4. The number of nitrogens with zero attached hydrogens (tertiary/aromatic N) is 3. The van der Waals surface area contributed by atoms with E-state index in [0.29, 0.717) is 18.1 Å². The van der Waals surface area contributed by atoms with Gasteiger partial charge in [0.25, 0.3) is 5.56 Å². The number of nitrogens with one attached hydrogen (secondary N) is 1. The number of carbonyl (C=O) groups is 1. The molecule has 0 radical (unpaired) electrons. The molecule has 8 heteroatoms. The molecule has 6 nitrogen and oxygen atoms in total. The standard InChI is InChI=1S/C23H22BrFN4O2/c1-15-7-8-20(19(24)12-15)26-23(31)16-4-3-11-28(14-16)21-9-10-22(30)29(27-21)18-6-2-5-17(25)13-18/h2,5-10,12-13,16H,3-4,11,14H2,1H3,(H,26,31)/t16-/m0/s1. The van der Waals surface area contributed by atoms with Gasteiger partial charge in [0.1, 0.15) is 11.6 Å². The van der Waals surface area contributed by atoms with Crippen LogP contribution < -0.4 is 15.8 Å². The van der Waals surface area contributed by atoms with Gasteiger partial charge in [-0.2, -0.15) is 4.68 Å². The predicted octanol–water partition coefficient (Wildman–Crippen LogP) is 4.30. The Morgan fingerprint density at radius 1 is 1.19 bits per heavy atom. The first-order valence-corrected chi connectivity index (χ1v) is 10.9. The zero-order valence-electron chi connectivity index (χ0n) is 17.0. The fourth-order valence-corrected chi connectivity index (χ4v) is 4.31. The number of halogens is 2. The van der Waals surface area contributed by atoms with E-state index in [4.69, 9.17) is 0 Å². The Kier molecular flexibility index (Phi) is 6.18. The minimum absolute atomic E-state index is 0.0484. The zero-order chi connectivity index (χ0) is 22.0. The average molecular weight is 485 g/mol. The largest absolute Gasteiger partial charge is 0.354 e. The van der Waals surface area contributed by atoms with Crippen LogP contribution in [0.15, 0.2) is 63.9 Å². The summed E-state index contributed by atoms with van der Waals surface area (Å²) in [6.07, 6.45) is 1.60. The van der Waals surface area contributed by atoms with Gasteiger partial charge in [0.2, 0.25) is 5.91 Å². The Balaban J connectivity index is 1.52. The Morgan fingerprint density at radius 2 is 2.03 bits per heavy atom. The van der Waals surface area contributed by atoms with Gasteiger partial charge in [-0.1, -0.05) is 12.1 Å². The van der Waals surface area contributed by atoms with E-state index in [1.165, 1.54) is 28.9 Å². The molecule has 3 aromatic rings. The SMILES string of the molecule is Cc1ccc(NC(=O)[C@H]2CCCN(c3ccc(=O)n(-c4cccc(F)c4)n3)C2)c(Br)c1. The van der Waals surface area contributed by atoms with E-state index < -0.39 is 5.82 Å². The first-order chi connectivity index (χ1) is 14.9. The Morgan fingerprint density at radius 3 is 2.81 bits per heavy atom. The lowest BCUT2D eigenvalue weighted by Gasteiger charge is -2.33. The van der Waals surface area contributed by atoms with Crippen LogP contribution in [0.4, 0.5) is 15.9 Å². The molecule has 1 fully saturated rings. The minimum Gasteiger partial charge on any atom is -0.354 e. The van der Waals surface area contributed by atoms with E-state index in [1.54, 1.807) is 12.1 Å². The number of aromatic nitrogens is 2. The van der Waals surface area contributed by atoms with Crippen LogP contribution in [0.25, 0.3) is 5.69 Å². The summed E-state index contributed by atoms with van der Waals surface area (Å²) in [4.78, 5) is 27.2. The first kappa shape index (κ1) is 21.2. The van der Waals surface area contributed by atoms with Gasteiger partial charge in [-0.05, 0) is 77.7 Å². The molecule has 1 aliphatic rings. The van der Waals surface area contributed by atoms with Gasteiger partial charge in [-0.15, -0.1) is 5.10 Å². The fraction of sp³-hybridized carbons (Fsp3) is 0.261. The maximum absolute atomic E-state index is 13.6. The van der Waals surface area contributed by atoms with Crippen molar-refractivity contribution in [2.45, 2.75) is 19.8 Å². The molecule has 0 spiro atoms. The van der Waals surface area contributed by atoms with Crippen LogP contribution >= 0.6 is 15.9 Å². The number of carbonyl (C=O) groups excluding carboxylic acids is 1. The molecule has 1 aromatic heterocycles. The molecule has 1 N–H and O–H groups in total. The lowest BCUT2D eigenvalue weighted by atomic mass is 9.97. The van der Waals surface area contributed by atoms with Crippen LogP contribution in [0, 0.1) is 18.7 Å². The van der Waals surface area contributed by atoms with Gasteiger partial charge in [0.05, 0.1) is 17.3 Å². The molecule has 2 heterocycles. The normalized spacial score (nSPS) is 16.2. The molecule has 0 unspecified atom stereocenters. The summed E-state index contributed by atoms with van der Waals surface area (Å²) in [5.41, 5.74) is 1.87. The highest BCUT2D eigenvalue weighted by molar-refractivity contribution is 9.10. The monoisotopic (exact) mass is 484 g/mol. The molecular weight excluding hydrogens is 463 g/mol. The third-order valence-electron chi connectivity index (χ3n) is 5.34. The van der Waals surface area contributed by atoms with Gasteiger partial charge >= 0.3 is 0 Å². The summed E-state index contributed by atoms with van der Waals surface area (Å²) >= 11 is 3.50. The maximum atomic E-state index is 13.6. The molecule has 2 aromatic carbocycles. The van der Waals surface area contributed by atoms with Gasteiger partial charge in [0.15, 0.2) is 0 Å². The number of anilines is 2. The lowest BCUT2D eigenvalue weighted by molar-refractivity contribution is -0.120. The quantitative estimate of drug-likeness (QED) is 0.599. The zero-order valence-corrected chi connectivity index (χ0v) is 18.6. The molecule has 1 atom stereocenters. The first-order valence-electron chi connectivity index (χ1n) is 10.1. The average Bonchev–Trinajstić information content (AvgIpc) is 2.76. The number of piperidine rings is 1. The molecule has 0 aliphatic carbocycles. The van der Waals surface area contributed by atoms with E-state index in [1.807, 2.05) is 30.0 Å². The van der Waals surface area contributed by atoms with Crippen molar-refractivity contribution in [1.82, 2.24) is 9.78 Å². The third kappa shape index (κ3) is 4.85. The highest BCUT2D eigenvalue weighted by atomic mass is 79.9. The summed E-state index contributed by atoms with van der Waals surface area (Å²) in [5, 5.41) is 7.44. The molecule has 1 aliphatic heterocycles. The molecule has 1 amide bonds. The topological polar surface area (TPSA) is 67.2 Å². The summed E-state index contributed by atoms with van der Waals surface area (Å²) in [6, 6.07) is 14.6. The van der Waals surface area contributed by atoms with Crippen molar-refractivity contribution in [3.63, 3.8) is 0 Å². The van der Waals surface area contributed by atoms with Crippen LogP contribution in [0.1, 0.15) is 18.4 Å². The van der Waals surface area contributed by atoms with Gasteiger partial charge in [0, 0.05) is 23.6 Å². The van der Waals surface area contributed by atoms with Crippen molar-refractivity contribution in [3.8, 4) is 5.69 Å². The summed E-state index contributed by atoms with van der Waals surface area (Å²) in [7, 11) is 0. The van der Waals surface area contributed by atoms with Crippen LogP contribution in [0.2, 0.25) is 0 Å².